The smallest absolute Gasteiger partial charge is 0.333 e. The average Bonchev–Trinajstić information content (AvgIpc) is 3.25. The van der Waals surface area contributed by atoms with Crippen molar-refractivity contribution in [3.05, 3.63) is 50.2 Å². The lowest BCUT2D eigenvalue weighted by Crippen LogP contribution is -2.52. The fourth-order valence-electron chi connectivity index (χ4n) is 3.71. The Morgan fingerprint density at radius 1 is 1.24 bits per heavy atom. The van der Waals surface area contributed by atoms with Crippen molar-refractivity contribution in [2.24, 2.45) is 0 Å². The van der Waals surface area contributed by atoms with Crippen LogP contribution in [0.25, 0.3) is 0 Å². The van der Waals surface area contributed by atoms with E-state index in [9.17, 15) is 32.3 Å². The molecule has 3 N–H and O–H groups in total. The molecule has 0 aliphatic carbocycles. The highest BCUT2D eigenvalue weighted by molar-refractivity contribution is 7.10. The fraction of sp³-hybridized carbons (Fsp3) is 0.300. The van der Waals surface area contributed by atoms with E-state index in [4.69, 9.17) is 11.6 Å². The quantitative estimate of drug-likeness (QED) is 0.558. The monoisotopic (exact) mass is 500 g/mol. The van der Waals surface area contributed by atoms with Gasteiger partial charge in [-0.25, -0.2) is 4.79 Å². The zero-order valence-corrected chi connectivity index (χ0v) is 18.3. The van der Waals surface area contributed by atoms with Gasteiger partial charge in [0, 0.05) is 33.9 Å². The molecule has 0 bridgehead atoms. The number of amides is 5. The van der Waals surface area contributed by atoms with Crippen LogP contribution in [0.3, 0.4) is 0 Å². The molecule has 5 amide bonds. The van der Waals surface area contributed by atoms with Crippen LogP contribution in [-0.2, 0) is 28.9 Å². The van der Waals surface area contributed by atoms with E-state index in [0.717, 1.165) is 12.1 Å². The van der Waals surface area contributed by atoms with Crippen LogP contribution in [0.5, 0.6) is 0 Å². The van der Waals surface area contributed by atoms with Crippen LogP contribution in [0.2, 0.25) is 5.02 Å². The SMILES string of the molecule is O=C1CCC(N2Cc3c(csc3CNC(=O)Nc3cc(Cl)cc(C(F)(F)F)c3)C2=O)C(=O)N1. The van der Waals surface area contributed by atoms with Gasteiger partial charge in [-0.3, -0.25) is 19.7 Å². The molecule has 0 radical (unpaired) electrons. The van der Waals surface area contributed by atoms with Gasteiger partial charge < -0.3 is 15.5 Å². The third kappa shape index (κ3) is 4.81. The Morgan fingerprint density at radius 3 is 2.70 bits per heavy atom. The summed E-state index contributed by atoms with van der Waals surface area (Å²) in [5, 5.41) is 8.54. The van der Waals surface area contributed by atoms with Crippen molar-refractivity contribution in [2.45, 2.75) is 38.1 Å². The molecule has 1 fully saturated rings. The molecule has 4 rings (SSSR count). The molecule has 1 atom stereocenters. The van der Waals surface area contributed by atoms with E-state index in [2.05, 4.69) is 16.0 Å². The summed E-state index contributed by atoms with van der Waals surface area (Å²) < 4.78 is 38.8. The van der Waals surface area contributed by atoms with Gasteiger partial charge in [0.05, 0.1) is 17.7 Å². The third-order valence-corrected chi connectivity index (χ3v) is 6.53. The summed E-state index contributed by atoms with van der Waals surface area (Å²) in [5.74, 6) is -1.23. The minimum Gasteiger partial charge on any atom is -0.333 e. The molecule has 1 saturated heterocycles. The van der Waals surface area contributed by atoms with E-state index in [1.54, 1.807) is 5.38 Å². The summed E-state index contributed by atoms with van der Waals surface area (Å²) in [6, 6.07) is 1.21. The number of nitrogens with one attached hydrogen (secondary N) is 3. The highest BCUT2D eigenvalue weighted by Gasteiger charge is 2.40. The predicted octanol–water partition coefficient (Wildman–Crippen LogP) is 3.50. The van der Waals surface area contributed by atoms with Crippen LogP contribution < -0.4 is 16.0 Å². The van der Waals surface area contributed by atoms with Crippen molar-refractivity contribution in [3.8, 4) is 0 Å². The summed E-state index contributed by atoms with van der Waals surface area (Å²) in [6.07, 6.45) is -4.24. The number of piperidine rings is 1. The number of carbonyl (C=O) groups is 4. The van der Waals surface area contributed by atoms with Crippen LogP contribution in [-0.4, -0.2) is 34.7 Å². The second-order valence-electron chi connectivity index (χ2n) is 7.49. The number of alkyl halides is 3. The highest BCUT2D eigenvalue weighted by Crippen LogP contribution is 2.34. The first kappa shape index (κ1) is 23.1. The lowest BCUT2D eigenvalue weighted by atomic mass is 10.0. The second-order valence-corrected chi connectivity index (χ2v) is 8.89. The maximum atomic E-state index is 12.9. The van der Waals surface area contributed by atoms with Crippen molar-refractivity contribution in [3.63, 3.8) is 0 Å². The Balaban J connectivity index is 1.40. The molecule has 1 unspecified atom stereocenters. The Hall–Kier alpha value is -3.12. The summed E-state index contributed by atoms with van der Waals surface area (Å²) in [6.45, 7) is 0.181. The number of hydrogen-bond donors (Lipinski definition) is 3. The van der Waals surface area contributed by atoms with E-state index in [0.29, 0.717) is 16.0 Å². The first-order valence-corrected chi connectivity index (χ1v) is 10.9. The molecule has 0 saturated carbocycles. The van der Waals surface area contributed by atoms with Crippen LogP contribution in [0.4, 0.5) is 23.7 Å². The number of thiophene rings is 1. The van der Waals surface area contributed by atoms with Crippen LogP contribution in [0, 0.1) is 0 Å². The number of rotatable bonds is 4. The van der Waals surface area contributed by atoms with Crippen LogP contribution in [0.15, 0.2) is 23.6 Å². The van der Waals surface area contributed by atoms with Crippen molar-refractivity contribution in [1.29, 1.82) is 0 Å². The van der Waals surface area contributed by atoms with Crippen molar-refractivity contribution >= 4 is 52.4 Å². The predicted molar refractivity (Wildman–Crippen MR) is 113 cm³/mol. The third-order valence-electron chi connectivity index (χ3n) is 5.28. The first-order valence-electron chi connectivity index (χ1n) is 9.69. The number of hydrogen-bond acceptors (Lipinski definition) is 5. The fourth-order valence-corrected chi connectivity index (χ4v) is 4.92. The van der Waals surface area contributed by atoms with Gasteiger partial charge >= 0.3 is 12.2 Å². The molecular formula is C20H16ClF3N4O4S. The van der Waals surface area contributed by atoms with Gasteiger partial charge in [-0.2, -0.15) is 13.2 Å². The molecule has 8 nitrogen and oxygen atoms in total. The van der Waals surface area contributed by atoms with E-state index in [-0.39, 0.29) is 48.5 Å². The zero-order valence-electron chi connectivity index (χ0n) is 16.7. The minimum atomic E-state index is -4.61. The summed E-state index contributed by atoms with van der Waals surface area (Å²) in [7, 11) is 0. The number of halogens is 4. The Kier molecular flexibility index (Phi) is 6.06. The number of benzene rings is 1. The number of carbonyl (C=O) groups excluding carboxylic acids is 4. The van der Waals surface area contributed by atoms with Crippen molar-refractivity contribution in [2.75, 3.05) is 5.32 Å². The lowest BCUT2D eigenvalue weighted by molar-refractivity contribution is -0.138. The first-order chi connectivity index (χ1) is 15.5. The number of nitrogens with zero attached hydrogens (tertiary/aromatic N) is 1. The van der Waals surface area contributed by atoms with Gasteiger partial charge in [0.15, 0.2) is 0 Å². The normalized spacial score (nSPS) is 18.2. The average molecular weight is 501 g/mol. The number of fused-ring (bicyclic) bond motifs is 1. The molecule has 174 valence electrons. The highest BCUT2D eigenvalue weighted by atomic mass is 35.5. The van der Waals surface area contributed by atoms with Gasteiger partial charge in [-0.15, -0.1) is 11.3 Å². The Bertz CT molecular complexity index is 1170. The molecule has 2 aliphatic heterocycles. The van der Waals surface area contributed by atoms with E-state index >= 15 is 0 Å². The maximum absolute atomic E-state index is 12.9. The van der Waals surface area contributed by atoms with E-state index in [1.165, 1.54) is 22.3 Å². The molecule has 1 aromatic heterocycles. The molecule has 2 aromatic rings. The maximum Gasteiger partial charge on any atom is 0.416 e. The summed E-state index contributed by atoms with van der Waals surface area (Å²) in [4.78, 5) is 50.5. The Morgan fingerprint density at radius 2 is 2.00 bits per heavy atom. The molecule has 33 heavy (non-hydrogen) atoms. The van der Waals surface area contributed by atoms with Gasteiger partial charge in [-0.05, 0) is 30.2 Å². The van der Waals surface area contributed by atoms with E-state index in [1.807, 2.05) is 0 Å². The van der Waals surface area contributed by atoms with Crippen LogP contribution in [0.1, 0.15) is 39.2 Å². The molecule has 2 aliphatic rings. The second kappa shape index (κ2) is 8.67. The largest absolute Gasteiger partial charge is 0.416 e. The van der Waals surface area contributed by atoms with Gasteiger partial charge in [0.1, 0.15) is 6.04 Å². The molecular weight excluding hydrogens is 485 g/mol. The van der Waals surface area contributed by atoms with Crippen molar-refractivity contribution in [1.82, 2.24) is 15.5 Å². The minimum absolute atomic E-state index is 0.0228. The number of anilines is 1. The lowest BCUT2D eigenvalue weighted by Gasteiger charge is -2.29. The Labute approximate surface area is 194 Å². The molecule has 0 spiro atoms. The van der Waals surface area contributed by atoms with Crippen molar-refractivity contribution < 1.29 is 32.3 Å². The molecule has 3 heterocycles. The number of imide groups is 1. The zero-order chi connectivity index (χ0) is 23.9. The van der Waals surface area contributed by atoms with E-state index < -0.39 is 29.7 Å². The molecule has 1 aromatic carbocycles. The number of urea groups is 1. The summed E-state index contributed by atoms with van der Waals surface area (Å²) >= 11 is 6.97. The summed E-state index contributed by atoms with van der Waals surface area (Å²) in [5.41, 5.74) is -0.0277. The topological polar surface area (TPSA) is 108 Å². The van der Waals surface area contributed by atoms with Crippen LogP contribution >= 0.6 is 22.9 Å². The van der Waals surface area contributed by atoms with Gasteiger partial charge in [-0.1, -0.05) is 11.6 Å². The van der Waals surface area contributed by atoms with Gasteiger partial charge in [0.2, 0.25) is 11.8 Å². The molecule has 13 heteroatoms. The van der Waals surface area contributed by atoms with Gasteiger partial charge in [0.25, 0.3) is 5.91 Å². The standard InChI is InChI=1S/C20H16ClF3N4O4S/c21-10-3-9(20(22,23)24)4-11(5-10)26-19(32)25-6-15-12-7-28(18(31)13(12)8-33-15)14-1-2-16(29)27-17(14)30/h3-5,8,14H,1-2,6-7H2,(H2,25,26,32)(H,27,29,30).